The van der Waals surface area contributed by atoms with E-state index in [-0.39, 0.29) is 11.6 Å². The molecule has 0 bridgehead atoms. The zero-order chi connectivity index (χ0) is 21.9. The molecule has 1 atom stereocenters. The summed E-state index contributed by atoms with van der Waals surface area (Å²) in [4.78, 5) is 27.4. The first-order valence-corrected chi connectivity index (χ1v) is 11.5. The summed E-state index contributed by atoms with van der Waals surface area (Å²) in [5.74, 6) is -1.43. The van der Waals surface area contributed by atoms with Crippen molar-refractivity contribution in [3.8, 4) is 0 Å². The van der Waals surface area contributed by atoms with Crippen molar-refractivity contribution < 1.29 is 22.4 Å². The molecule has 0 radical (unpaired) electrons. The van der Waals surface area contributed by atoms with Crippen molar-refractivity contribution in [1.82, 2.24) is 4.90 Å². The fourth-order valence-electron chi connectivity index (χ4n) is 3.53. The van der Waals surface area contributed by atoms with Gasteiger partial charge in [0.25, 0.3) is 5.91 Å². The molecule has 0 aliphatic carbocycles. The number of carbonyl (C=O) groups excluding carboxylic acids is 2. The molecule has 0 saturated carbocycles. The molecule has 1 N–H and O–H groups in total. The number of likely N-dealkylation sites (tertiary alicyclic amines) is 1. The lowest BCUT2D eigenvalue weighted by molar-refractivity contribution is -0.116. The summed E-state index contributed by atoms with van der Waals surface area (Å²) < 4.78 is 39.2. The third kappa shape index (κ3) is 4.79. The van der Waals surface area contributed by atoms with E-state index < -0.39 is 27.8 Å². The zero-order valence-corrected chi connectivity index (χ0v) is 17.7. The maximum absolute atomic E-state index is 13.7. The van der Waals surface area contributed by atoms with E-state index in [9.17, 15) is 22.4 Å². The van der Waals surface area contributed by atoms with E-state index in [1.54, 1.807) is 29.2 Å². The number of amides is 2. The van der Waals surface area contributed by atoms with Crippen LogP contribution in [0.4, 0.5) is 15.8 Å². The summed E-state index contributed by atoms with van der Waals surface area (Å²) in [5, 5.41) is 2.67. The van der Waals surface area contributed by atoms with Crippen LogP contribution in [0.1, 0.15) is 30.1 Å². The Bertz CT molecular complexity index is 1050. The van der Waals surface area contributed by atoms with Gasteiger partial charge in [0.05, 0.1) is 23.2 Å². The average Bonchev–Trinajstić information content (AvgIpc) is 3.21. The zero-order valence-electron chi connectivity index (χ0n) is 16.8. The second-order valence-corrected chi connectivity index (χ2v) is 9.11. The summed E-state index contributed by atoms with van der Waals surface area (Å²) >= 11 is 0. The van der Waals surface area contributed by atoms with Crippen molar-refractivity contribution in [3.63, 3.8) is 0 Å². The minimum atomic E-state index is -3.88. The molecule has 1 aliphatic heterocycles. The molecular formula is C21H24FN3O4S. The van der Waals surface area contributed by atoms with Gasteiger partial charge in [0.15, 0.2) is 0 Å². The molecule has 2 aromatic carbocycles. The lowest BCUT2D eigenvalue weighted by Gasteiger charge is -2.28. The van der Waals surface area contributed by atoms with Crippen molar-refractivity contribution in [3.05, 3.63) is 59.9 Å². The van der Waals surface area contributed by atoms with Gasteiger partial charge in [-0.1, -0.05) is 18.2 Å². The van der Waals surface area contributed by atoms with Crippen LogP contribution in [0, 0.1) is 5.82 Å². The third-order valence-corrected chi connectivity index (χ3v) is 6.20. The van der Waals surface area contributed by atoms with Crippen molar-refractivity contribution in [2.24, 2.45) is 0 Å². The van der Waals surface area contributed by atoms with Crippen molar-refractivity contribution >= 4 is 33.2 Å². The van der Waals surface area contributed by atoms with Gasteiger partial charge in [-0.15, -0.1) is 0 Å². The van der Waals surface area contributed by atoms with E-state index in [0.29, 0.717) is 24.3 Å². The molecule has 1 heterocycles. The van der Waals surface area contributed by atoms with E-state index >= 15 is 0 Å². The molecule has 2 aromatic rings. The topological polar surface area (TPSA) is 86.8 Å². The van der Waals surface area contributed by atoms with Crippen molar-refractivity contribution in [2.45, 2.75) is 25.8 Å². The van der Waals surface area contributed by atoms with Crippen LogP contribution in [0.2, 0.25) is 0 Å². The summed E-state index contributed by atoms with van der Waals surface area (Å²) in [6.07, 6.45) is 2.83. The number of benzene rings is 2. The van der Waals surface area contributed by atoms with E-state index in [1.165, 1.54) is 25.1 Å². The monoisotopic (exact) mass is 433 g/mol. The molecular weight excluding hydrogens is 409 g/mol. The Labute approximate surface area is 175 Å². The van der Waals surface area contributed by atoms with Gasteiger partial charge in [-0.3, -0.25) is 13.9 Å². The van der Waals surface area contributed by atoms with Crippen LogP contribution in [0.5, 0.6) is 0 Å². The number of hydrogen-bond acceptors (Lipinski definition) is 4. The van der Waals surface area contributed by atoms with Crippen molar-refractivity contribution in [2.75, 3.05) is 29.0 Å². The number of nitrogens with zero attached hydrogens (tertiary/aromatic N) is 2. The molecule has 9 heteroatoms. The van der Waals surface area contributed by atoms with Gasteiger partial charge in [0, 0.05) is 13.1 Å². The predicted octanol–water partition coefficient (Wildman–Crippen LogP) is 2.85. The van der Waals surface area contributed by atoms with Crippen molar-refractivity contribution in [1.29, 1.82) is 0 Å². The highest BCUT2D eigenvalue weighted by molar-refractivity contribution is 7.92. The SMILES string of the molecule is CC(C(=O)Nc1ccccc1C(=O)N1CCCC1)N(c1cccc(F)c1)S(C)(=O)=O. The van der Waals surface area contributed by atoms with Gasteiger partial charge in [-0.25, -0.2) is 12.8 Å². The molecule has 0 spiro atoms. The van der Waals surface area contributed by atoms with E-state index in [2.05, 4.69) is 5.32 Å². The number of para-hydroxylation sites is 1. The number of anilines is 2. The third-order valence-electron chi connectivity index (χ3n) is 4.96. The maximum Gasteiger partial charge on any atom is 0.255 e. The van der Waals surface area contributed by atoms with E-state index in [1.807, 2.05) is 0 Å². The molecule has 30 heavy (non-hydrogen) atoms. The first-order chi connectivity index (χ1) is 14.2. The molecule has 1 saturated heterocycles. The Morgan fingerprint density at radius 2 is 1.77 bits per heavy atom. The largest absolute Gasteiger partial charge is 0.339 e. The van der Waals surface area contributed by atoms with Crippen LogP contribution >= 0.6 is 0 Å². The van der Waals surface area contributed by atoms with Crippen LogP contribution in [0.15, 0.2) is 48.5 Å². The Morgan fingerprint density at radius 3 is 2.40 bits per heavy atom. The highest BCUT2D eigenvalue weighted by atomic mass is 32.2. The number of carbonyl (C=O) groups is 2. The lowest BCUT2D eigenvalue weighted by atomic mass is 10.1. The summed E-state index contributed by atoms with van der Waals surface area (Å²) in [6, 6.07) is 10.5. The fraction of sp³-hybridized carbons (Fsp3) is 0.333. The minimum Gasteiger partial charge on any atom is -0.339 e. The number of sulfonamides is 1. The van der Waals surface area contributed by atoms with Crippen LogP contribution < -0.4 is 9.62 Å². The van der Waals surface area contributed by atoms with Gasteiger partial charge < -0.3 is 10.2 Å². The second-order valence-electron chi connectivity index (χ2n) is 7.25. The highest BCUT2D eigenvalue weighted by Gasteiger charge is 2.30. The van der Waals surface area contributed by atoms with Crippen LogP contribution in [0.25, 0.3) is 0 Å². The summed E-state index contributed by atoms with van der Waals surface area (Å²) in [7, 11) is -3.88. The Hall–Kier alpha value is -2.94. The second kappa shape index (κ2) is 8.83. The normalized spacial score (nSPS) is 15.0. The van der Waals surface area contributed by atoms with Gasteiger partial charge in [-0.05, 0) is 50.1 Å². The first kappa shape index (κ1) is 21.8. The van der Waals surface area contributed by atoms with Crippen LogP contribution in [-0.4, -0.2) is 50.5 Å². The predicted molar refractivity (Wildman–Crippen MR) is 113 cm³/mol. The van der Waals surface area contributed by atoms with Gasteiger partial charge in [0.1, 0.15) is 11.9 Å². The van der Waals surface area contributed by atoms with Crippen LogP contribution in [-0.2, 0) is 14.8 Å². The van der Waals surface area contributed by atoms with Gasteiger partial charge in [0.2, 0.25) is 15.9 Å². The highest BCUT2D eigenvalue weighted by Crippen LogP contribution is 2.24. The number of rotatable bonds is 6. The molecule has 0 aromatic heterocycles. The van der Waals surface area contributed by atoms with Gasteiger partial charge in [-0.2, -0.15) is 0 Å². The Morgan fingerprint density at radius 1 is 1.10 bits per heavy atom. The number of nitrogens with one attached hydrogen (secondary N) is 1. The average molecular weight is 434 g/mol. The summed E-state index contributed by atoms with van der Waals surface area (Å²) in [5.41, 5.74) is 0.692. The molecule has 1 unspecified atom stereocenters. The fourth-order valence-corrected chi connectivity index (χ4v) is 4.70. The smallest absolute Gasteiger partial charge is 0.255 e. The van der Waals surface area contributed by atoms with E-state index in [0.717, 1.165) is 29.5 Å². The molecule has 1 aliphatic rings. The van der Waals surface area contributed by atoms with Crippen LogP contribution in [0.3, 0.4) is 0 Å². The van der Waals surface area contributed by atoms with E-state index in [4.69, 9.17) is 0 Å². The number of hydrogen-bond donors (Lipinski definition) is 1. The Balaban J connectivity index is 1.87. The summed E-state index contributed by atoms with van der Waals surface area (Å²) in [6.45, 7) is 2.74. The first-order valence-electron chi connectivity index (χ1n) is 9.62. The molecule has 160 valence electrons. The molecule has 7 nitrogen and oxygen atoms in total. The minimum absolute atomic E-state index is 0.0431. The quantitative estimate of drug-likeness (QED) is 0.759. The molecule has 2 amide bonds. The Kier molecular flexibility index (Phi) is 6.40. The van der Waals surface area contributed by atoms with Gasteiger partial charge >= 0.3 is 0 Å². The molecule has 3 rings (SSSR count). The lowest BCUT2D eigenvalue weighted by Crippen LogP contribution is -2.45. The maximum atomic E-state index is 13.7. The number of halogens is 1. The molecule has 1 fully saturated rings. The standard InChI is InChI=1S/C21H24FN3O4S/c1-15(25(30(2,28)29)17-9-7-8-16(22)14-17)20(26)23-19-11-4-3-10-18(19)21(27)24-12-5-6-13-24/h3-4,7-11,14-15H,5-6,12-13H2,1-2H3,(H,23,26).